The predicted octanol–water partition coefficient (Wildman–Crippen LogP) is 2.66. The molecule has 5 nitrogen and oxygen atoms in total. The first kappa shape index (κ1) is 22.0. The van der Waals surface area contributed by atoms with E-state index in [1.54, 1.807) is 12.1 Å². The lowest BCUT2D eigenvalue weighted by atomic mass is 10.2. The molecule has 2 rings (SSSR count). The summed E-state index contributed by atoms with van der Waals surface area (Å²) in [5.41, 5.74) is 6.56. The van der Waals surface area contributed by atoms with Gasteiger partial charge in [-0.05, 0) is 44.5 Å². The van der Waals surface area contributed by atoms with Gasteiger partial charge in [0.05, 0.1) is 12.2 Å². The maximum atomic E-state index is 13.7. The number of likely N-dealkylation sites (N-methyl/N-ethyl adjacent to an activating group) is 1. The van der Waals surface area contributed by atoms with E-state index in [2.05, 4.69) is 22.1 Å². The van der Waals surface area contributed by atoms with Crippen LogP contribution < -0.4 is 16.0 Å². The van der Waals surface area contributed by atoms with Gasteiger partial charge in [-0.3, -0.25) is 9.89 Å². The summed E-state index contributed by atoms with van der Waals surface area (Å²) < 4.78 is 13.7. The first-order valence-corrected chi connectivity index (χ1v) is 8.85. The molecule has 1 saturated heterocycles. The second-order valence-corrected chi connectivity index (χ2v) is 6.30. The first-order valence-electron chi connectivity index (χ1n) is 8.85. The van der Waals surface area contributed by atoms with Crippen LogP contribution in [-0.2, 0) is 0 Å². The Morgan fingerprint density at radius 3 is 2.92 bits per heavy atom. The van der Waals surface area contributed by atoms with E-state index >= 15 is 0 Å². The number of nitrogens with zero attached hydrogens (tertiary/aromatic N) is 3. The Balaban J connectivity index is 0.00000312. The lowest BCUT2D eigenvalue weighted by Crippen LogP contribution is -2.36. The average molecular weight is 463 g/mol. The predicted molar refractivity (Wildman–Crippen MR) is 114 cm³/mol. The van der Waals surface area contributed by atoms with Gasteiger partial charge in [-0.2, -0.15) is 0 Å². The molecule has 0 aliphatic carbocycles. The maximum absolute atomic E-state index is 13.7. The Kier molecular flexibility index (Phi) is 10.1. The van der Waals surface area contributed by atoms with Crippen LogP contribution in [0.5, 0.6) is 0 Å². The highest BCUT2D eigenvalue weighted by atomic mass is 127. The molecule has 25 heavy (non-hydrogen) atoms. The molecule has 1 atom stereocenters. The largest absolute Gasteiger partial charge is 0.372 e. The Labute approximate surface area is 167 Å². The van der Waals surface area contributed by atoms with Crippen LogP contribution in [0.4, 0.5) is 10.1 Å². The molecule has 1 unspecified atom stereocenters. The standard InChI is InChI=1S/C18H30FN5.HI/c1-3-24-13-6-8-15(24)14-22-18(20)21-11-7-12-23(2)17-10-5-4-9-16(17)19;/h4-5,9-10,15H,3,6-8,11-14H2,1-2H3,(H3,20,21,22);1H. The van der Waals surface area contributed by atoms with Crippen molar-refractivity contribution in [3.05, 3.63) is 30.1 Å². The summed E-state index contributed by atoms with van der Waals surface area (Å²) in [5, 5.41) is 3.15. The van der Waals surface area contributed by atoms with Gasteiger partial charge in [-0.1, -0.05) is 19.1 Å². The fraction of sp³-hybridized carbons (Fsp3) is 0.611. The highest BCUT2D eigenvalue weighted by Gasteiger charge is 2.22. The zero-order valence-corrected chi connectivity index (χ0v) is 17.6. The number of anilines is 1. The van der Waals surface area contributed by atoms with Crippen LogP contribution in [0.1, 0.15) is 26.2 Å². The van der Waals surface area contributed by atoms with E-state index in [4.69, 9.17) is 5.73 Å². The Morgan fingerprint density at radius 2 is 2.20 bits per heavy atom. The summed E-state index contributed by atoms with van der Waals surface area (Å²) in [6.45, 7) is 6.70. The number of para-hydroxylation sites is 1. The van der Waals surface area contributed by atoms with Crippen LogP contribution in [0.25, 0.3) is 0 Å². The molecule has 0 bridgehead atoms. The van der Waals surface area contributed by atoms with Crippen molar-refractivity contribution in [2.24, 2.45) is 10.7 Å². The van der Waals surface area contributed by atoms with Crippen molar-refractivity contribution in [3.8, 4) is 0 Å². The van der Waals surface area contributed by atoms with Crippen LogP contribution in [0, 0.1) is 5.82 Å². The third kappa shape index (κ3) is 6.97. The van der Waals surface area contributed by atoms with Gasteiger partial charge < -0.3 is 16.0 Å². The van der Waals surface area contributed by atoms with Gasteiger partial charge in [0.25, 0.3) is 0 Å². The van der Waals surface area contributed by atoms with Crippen LogP contribution in [-0.4, -0.2) is 56.7 Å². The summed E-state index contributed by atoms with van der Waals surface area (Å²) in [7, 11) is 1.90. The molecule has 0 saturated carbocycles. The molecule has 1 aliphatic rings. The molecule has 1 aromatic rings. The molecule has 142 valence electrons. The molecular weight excluding hydrogens is 432 g/mol. The Bertz CT molecular complexity index is 540. The van der Waals surface area contributed by atoms with Gasteiger partial charge in [-0.15, -0.1) is 24.0 Å². The molecule has 0 radical (unpaired) electrons. The maximum Gasteiger partial charge on any atom is 0.188 e. The Hall–Kier alpha value is -1.09. The minimum Gasteiger partial charge on any atom is -0.372 e. The van der Waals surface area contributed by atoms with Crippen LogP contribution >= 0.6 is 24.0 Å². The quantitative estimate of drug-likeness (QED) is 0.270. The zero-order valence-electron chi connectivity index (χ0n) is 15.2. The number of aliphatic imine (C=N–C) groups is 1. The number of nitrogens with one attached hydrogen (secondary N) is 1. The van der Waals surface area contributed by atoms with Crippen molar-refractivity contribution >= 4 is 35.6 Å². The van der Waals surface area contributed by atoms with Crippen molar-refractivity contribution in [1.29, 1.82) is 0 Å². The summed E-state index contributed by atoms with van der Waals surface area (Å²) in [6, 6.07) is 7.36. The van der Waals surface area contributed by atoms with Crippen molar-refractivity contribution in [2.75, 3.05) is 44.7 Å². The molecule has 0 spiro atoms. The molecular formula is C18H31FIN5. The summed E-state index contributed by atoms with van der Waals surface area (Å²) in [6.07, 6.45) is 3.33. The van der Waals surface area contributed by atoms with E-state index < -0.39 is 0 Å². The van der Waals surface area contributed by atoms with Gasteiger partial charge in [0.1, 0.15) is 5.82 Å². The van der Waals surface area contributed by atoms with E-state index in [0.29, 0.717) is 17.7 Å². The van der Waals surface area contributed by atoms with Crippen LogP contribution in [0.2, 0.25) is 0 Å². The van der Waals surface area contributed by atoms with Crippen molar-refractivity contribution < 1.29 is 4.39 Å². The summed E-state index contributed by atoms with van der Waals surface area (Å²) >= 11 is 0. The van der Waals surface area contributed by atoms with E-state index in [0.717, 1.165) is 32.6 Å². The monoisotopic (exact) mass is 463 g/mol. The molecule has 3 N–H and O–H groups in total. The Morgan fingerprint density at radius 1 is 1.44 bits per heavy atom. The number of rotatable bonds is 8. The van der Waals surface area contributed by atoms with E-state index in [9.17, 15) is 4.39 Å². The molecule has 0 amide bonds. The number of guanidine groups is 1. The topological polar surface area (TPSA) is 56.9 Å². The number of benzene rings is 1. The second kappa shape index (κ2) is 11.5. The van der Waals surface area contributed by atoms with E-state index in [1.807, 2.05) is 18.0 Å². The van der Waals surface area contributed by atoms with E-state index in [-0.39, 0.29) is 29.8 Å². The third-order valence-corrected chi connectivity index (χ3v) is 4.62. The summed E-state index contributed by atoms with van der Waals surface area (Å²) in [5.74, 6) is 0.317. The number of halogens is 2. The average Bonchev–Trinajstić information content (AvgIpc) is 3.04. The van der Waals surface area contributed by atoms with Gasteiger partial charge in [0, 0.05) is 26.2 Å². The number of likely N-dealkylation sites (tertiary alicyclic amines) is 1. The number of nitrogens with two attached hydrogens (primary N) is 1. The van der Waals surface area contributed by atoms with Crippen molar-refractivity contribution in [3.63, 3.8) is 0 Å². The van der Waals surface area contributed by atoms with Gasteiger partial charge in [0.15, 0.2) is 5.96 Å². The van der Waals surface area contributed by atoms with Gasteiger partial charge in [0.2, 0.25) is 0 Å². The molecule has 1 aliphatic heterocycles. The van der Waals surface area contributed by atoms with Crippen molar-refractivity contribution in [2.45, 2.75) is 32.2 Å². The van der Waals surface area contributed by atoms with Crippen LogP contribution in [0.3, 0.4) is 0 Å². The van der Waals surface area contributed by atoms with Crippen LogP contribution in [0.15, 0.2) is 29.3 Å². The highest BCUT2D eigenvalue weighted by molar-refractivity contribution is 14.0. The smallest absolute Gasteiger partial charge is 0.188 e. The highest BCUT2D eigenvalue weighted by Crippen LogP contribution is 2.17. The first-order chi connectivity index (χ1) is 11.6. The fourth-order valence-electron chi connectivity index (χ4n) is 3.19. The lowest BCUT2D eigenvalue weighted by Gasteiger charge is -2.21. The fourth-order valence-corrected chi connectivity index (χ4v) is 3.19. The molecule has 1 fully saturated rings. The third-order valence-electron chi connectivity index (χ3n) is 4.62. The zero-order chi connectivity index (χ0) is 17.4. The normalized spacial score (nSPS) is 18.0. The molecule has 1 aromatic carbocycles. The second-order valence-electron chi connectivity index (χ2n) is 6.30. The number of hydrogen-bond donors (Lipinski definition) is 2. The minimum absolute atomic E-state index is 0. The summed E-state index contributed by atoms with van der Waals surface area (Å²) in [4.78, 5) is 8.84. The molecule has 0 aromatic heterocycles. The van der Waals surface area contributed by atoms with Crippen molar-refractivity contribution in [1.82, 2.24) is 10.2 Å². The molecule has 1 heterocycles. The lowest BCUT2D eigenvalue weighted by molar-refractivity contribution is 0.273. The SMILES string of the molecule is CCN1CCCC1CN=C(N)NCCCN(C)c1ccccc1F.I. The molecule has 7 heteroatoms. The van der Waals surface area contributed by atoms with Gasteiger partial charge in [-0.25, -0.2) is 4.39 Å². The van der Waals surface area contributed by atoms with Gasteiger partial charge >= 0.3 is 0 Å². The number of hydrogen-bond acceptors (Lipinski definition) is 3. The minimum atomic E-state index is -0.189. The van der Waals surface area contributed by atoms with E-state index in [1.165, 1.54) is 25.5 Å².